The zero-order chi connectivity index (χ0) is 15.6. The van der Waals surface area contributed by atoms with E-state index in [1.165, 1.54) is 6.07 Å². The van der Waals surface area contributed by atoms with E-state index < -0.39 is 11.9 Å². The number of aliphatic hydroxyl groups is 1. The summed E-state index contributed by atoms with van der Waals surface area (Å²) in [7, 11) is 1.87. The van der Waals surface area contributed by atoms with E-state index in [0.717, 1.165) is 5.56 Å². The van der Waals surface area contributed by atoms with E-state index in [1.54, 1.807) is 19.1 Å². The van der Waals surface area contributed by atoms with E-state index in [2.05, 4.69) is 0 Å². The number of hydrogen-bond acceptors (Lipinski definition) is 2. The molecular formula is C17H19ClFNO. The second-order valence-electron chi connectivity index (χ2n) is 5.16. The summed E-state index contributed by atoms with van der Waals surface area (Å²) in [5.41, 5.74) is 1.93. The molecule has 0 spiro atoms. The van der Waals surface area contributed by atoms with Gasteiger partial charge in [0.15, 0.2) is 0 Å². The highest BCUT2D eigenvalue weighted by Crippen LogP contribution is 2.34. The number of aliphatic hydroxyl groups excluding tert-OH is 1. The lowest BCUT2D eigenvalue weighted by atomic mass is 10.0. The first-order valence-electron chi connectivity index (χ1n) is 6.87. The van der Waals surface area contributed by atoms with Crippen molar-refractivity contribution in [2.24, 2.45) is 0 Å². The molecule has 0 fully saturated rings. The van der Waals surface area contributed by atoms with Crippen molar-refractivity contribution >= 4 is 17.3 Å². The van der Waals surface area contributed by atoms with Gasteiger partial charge in [-0.3, -0.25) is 0 Å². The van der Waals surface area contributed by atoms with Crippen molar-refractivity contribution in [1.29, 1.82) is 0 Å². The predicted molar refractivity (Wildman–Crippen MR) is 85.3 cm³/mol. The maximum atomic E-state index is 14.0. The topological polar surface area (TPSA) is 23.5 Å². The average Bonchev–Trinajstić information content (AvgIpc) is 2.45. The molecule has 4 heteroatoms. The van der Waals surface area contributed by atoms with Crippen LogP contribution in [0.15, 0.2) is 42.5 Å². The Kier molecular flexibility index (Phi) is 4.86. The van der Waals surface area contributed by atoms with Gasteiger partial charge in [0.2, 0.25) is 0 Å². The summed E-state index contributed by atoms with van der Waals surface area (Å²) in [6.45, 7) is 3.56. The minimum atomic E-state index is -0.873. The fourth-order valence-corrected chi connectivity index (χ4v) is 2.77. The summed E-state index contributed by atoms with van der Waals surface area (Å²) in [5, 5.41) is 10.5. The third-order valence-corrected chi connectivity index (χ3v) is 4.11. The van der Waals surface area contributed by atoms with Crippen molar-refractivity contribution in [3.05, 3.63) is 64.4 Å². The standard InChI is InChI=1S/C17H19ClFNO/c1-11(13-7-4-5-8-14(13)18)20(3)16-10-6-9-15(19)17(16)12(2)21/h4-12,21H,1-3H3/t11?,12-/m0/s1. The van der Waals surface area contributed by atoms with Gasteiger partial charge in [-0.2, -0.15) is 0 Å². The number of benzene rings is 2. The van der Waals surface area contributed by atoms with E-state index in [-0.39, 0.29) is 6.04 Å². The van der Waals surface area contributed by atoms with Gasteiger partial charge >= 0.3 is 0 Å². The SMILES string of the molecule is CC(c1ccccc1Cl)N(C)c1cccc(F)c1[C@H](C)O. The zero-order valence-electron chi connectivity index (χ0n) is 12.3. The Morgan fingerprint density at radius 1 is 1.10 bits per heavy atom. The van der Waals surface area contributed by atoms with Crippen LogP contribution in [0.25, 0.3) is 0 Å². The molecule has 0 aromatic heterocycles. The van der Waals surface area contributed by atoms with Crippen molar-refractivity contribution in [3.63, 3.8) is 0 Å². The Balaban J connectivity index is 2.43. The van der Waals surface area contributed by atoms with E-state index >= 15 is 0 Å². The van der Waals surface area contributed by atoms with Gasteiger partial charge in [-0.25, -0.2) is 4.39 Å². The van der Waals surface area contributed by atoms with Gasteiger partial charge in [0.05, 0.1) is 12.1 Å². The van der Waals surface area contributed by atoms with Crippen LogP contribution in [-0.2, 0) is 0 Å². The second kappa shape index (κ2) is 6.46. The number of anilines is 1. The molecule has 0 radical (unpaired) electrons. The summed E-state index contributed by atoms with van der Waals surface area (Å²) in [6, 6.07) is 12.4. The number of halogens is 2. The molecule has 112 valence electrons. The summed E-state index contributed by atoms with van der Waals surface area (Å²) in [4.78, 5) is 1.92. The smallest absolute Gasteiger partial charge is 0.131 e. The Morgan fingerprint density at radius 2 is 1.76 bits per heavy atom. The summed E-state index contributed by atoms with van der Waals surface area (Å²) in [5.74, 6) is -0.402. The van der Waals surface area contributed by atoms with Crippen LogP contribution >= 0.6 is 11.6 Å². The molecular weight excluding hydrogens is 289 g/mol. The molecule has 1 unspecified atom stereocenters. The van der Waals surface area contributed by atoms with Gasteiger partial charge < -0.3 is 10.0 Å². The number of rotatable bonds is 4. The molecule has 2 aromatic carbocycles. The normalized spacial score (nSPS) is 13.8. The lowest BCUT2D eigenvalue weighted by Crippen LogP contribution is -2.24. The molecule has 2 aromatic rings. The molecule has 0 saturated heterocycles. The molecule has 0 bridgehead atoms. The van der Waals surface area contributed by atoms with E-state index in [9.17, 15) is 9.50 Å². The van der Waals surface area contributed by atoms with Crippen LogP contribution in [0.2, 0.25) is 5.02 Å². The monoisotopic (exact) mass is 307 g/mol. The molecule has 2 atom stereocenters. The second-order valence-corrected chi connectivity index (χ2v) is 5.56. The fourth-order valence-electron chi connectivity index (χ4n) is 2.48. The molecule has 0 amide bonds. The third kappa shape index (κ3) is 3.20. The molecule has 0 saturated carbocycles. The van der Waals surface area contributed by atoms with Gasteiger partial charge in [0.1, 0.15) is 5.82 Å². The van der Waals surface area contributed by atoms with Crippen molar-refractivity contribution in [3.8, 4) is 0 Å². The Labute approximate surface area is 129 Å². The molecule has 0 heterocycles. The van der Waals surface area contributed by atoms with E-state index in [0.29, 0.717) is 16.3 Å². The highest BCUT2D eigenvalue weighted by atomic mass is 35.5. The van der Waals surface area contributed by atoms with Gasteiger partial charge in [0, 0.05) is 23.3 Å². The maximum Gasteiger partial charge on any atom is 0.131 e. The van der Waals surface area contributed by atoms with Crippen LogP contribution in [-0.4, -0.2) is 12.2 Å². The largest absolute Gasteiger partial charge is 0.389 e. The van der Waals surface area contributed by atoms with Crippen LogP contribution in [0.5, 0.6) is 0 Å². The number of nitrogens with zero attached hydrogens (tertiary/aromatic N) is 1. The molecule has 21 heavy (non-hydrogen) atoms. The van der Waals surface area contributed by atoms with Crippen molar-refractivity contribution in [1.82, 2.24) is 0 Å². The Bertz CT molecular complexity index is 630. The lowest BCUT2D eigenvalue weighted by Gasteiger charge is -2.30. The minimum absolute atomic E-state index is 0.0435. The molecule has 2 rings (SSSR count). The van der Waals surface area contributed by atoms with Gasteiger partial charge in [-0.05, 0) is 37.6 Å². The van der Waals surface area contributed by atoms with Crippen LogP contribution in [0.1, 0.15) is 37.1 Å². The summed E-state index contributed by atoms with van der Waals surface area (Å²) < 4.78 is 14.0. The van der Waals surface area contributed by atoms with E-state index in [1.807, 2.05) is 43.1 Å². The van der Waals surface area contributed by atoms with Crippen LogP contribution < -0.4 is 4.90 Å². The first-order valence-corrected chi connectivity index (χ1v) is 7.25. The highest BCUT2D eigenvalue weighted by molar-refractivity contribution is 6.31. The zero-order valence-corrected chi connectivity index (χ0v) is 13.1. The molecule has 2 nitrogen and oxygen atoms in total. The molecule has 0 aliphatic carbocycles. The average molecular weight is 308 g/mol. The molecule has 0 aliphatic heterocycles. The first kappa shape index (κ1) is 15.8. The molecule has 1 N–H and O–H groups in total. The Hall–Kier alpha value is -1.58. The minimum Gasteiger partial charge on any atom is -0.389 e. The lowest BCUT2D eigenvalue weighted by molar-refractivity contribution is 0.194. The summed E-state index contributed by atoms with van der Waals surface area (Å²) >= 11 is 6.23. The van der Waals surface area contributed by atoms with Gasteiger partial charge in [0.25, 0.3) is 0 Å². The van der Waals surface area contributed by atoms with Gasteiger partial charge in [-0.1, -0.05) is 35.9 Å². The highest BCUT2D eigenvalue weighted by Gasteiger charge is 2.21. The summed E-state index contributed by atoms with van der Waals surface area (Å²) in [6.07, 6.45) is -0.873. The quantitative estimate of drug-likeness (QED) is 0.882. The fraction of sp³-hybridized carbons (Fsp3) is 0.294. The van der Waals surface area contributed by atoms with Crippen LogP contribution in [0.4, 0.5) is 10.1 Å². The number of hydrogen-bond donors (Lipinski definition) is 1. The van der Waals surface area contributed by atoms with Crippen molar-refractivity contribution in [2.75, 3.05) is 11.9 Å². The van der Waals surface area contributed by atoms with E-state index in [4.69, 9.17) is 11.6 Å². The maximum absolute atomic E-state index is 14.0. The van der Waals surface area contributed by atoms with Gasteiger partial charge in [-0.15, -0.1) is 0 Å². The Morgan fingerprint density at radius 3 is 2.38 bits per heavy atom. The third-order valence-electron chi connectivity index (χ3n) is 3.76. The van der Waals surface area contributed by atoms with Crippen LogP contribution in [0, 0.1) is 5.82 Å². The van der Waals surface area contributed by atoms with Crippen molar-refractivity contribution < 1.29 is 9.50 Å². The predicted octanol–water partition coefficient (Wildman–Crippen LogP) is 4.73. The van der Waals surface area contributed by atoms with Crippen LogP contribution in [0.3, 0.4) is 0 Å². The molecule has 0 aliphatic rings. The first-order chi connectivity index (χ1) is 9.93. The van der Waals surface area contributed by atoms with Crippen molar-refractivity contribution in [2.45, 2.75) is 26.0 Å².